The van der Waals surface area contributed by atoms with Gasteiger partial charge in [0.2, 0.25) is 5.91 Å². The summed E-state index contributed by atoms with van der Waals surface area (Å²) in [5.41, 5.74) is 5.61. The van der Waals surface area contributed by atoms with Gasteiger partial charge in [0.1, 0.15) is 0 Å². The largest absolute Gasteiger partial charge is 0.391 e. The van der Waals surface area contributed by atoms with Crippen molar-refractivity contribution in [3.63, 3.8) is 0 Å². The van der Waals surface area contributed by atoms with E-state index >= 15 is 0 Å². The molecule has 1 unspecified atom stereocenters. The van der Waals surface area contributed by atoms with Crippen molar-refractivity contribution in [3.8, 4) is 0 Å². The molecule has 0 aromatic carbocycles. The van der Waals surface area contributed by atoms with E-state index in [1.807, 2.05) is 6.92 Å². The van der Waals surface area contributed by atoms with Crippen molar-refractivity contribution < 1.29 is 9.90 Å². The number of hydrogen-bond acceptors (Lipinski definition) is 3. The molecule has 0 aromatic rings. The van der Waals surface area contributed by atoms with Crippen LogP contribution < -0.4 is 5.73 Å². The van der Waals surface area contributed by atoms with Gasteiger partial charge in [-0.25, -0.2) is 0 Å². The van der Waals surface area contributed by atoms with Crippen molar-refractivity contribution in [2.45, 2.75) is 51.2 Å². The molecule has 1 fully saturated rings. The van der Waals surface area contributed by atoms with Crippen LogP contribution in [-0.4, -0.2) is 41.1 Å². The Morgan fingerprint density at radius 2 is 2.40 bits per heavy atom. The van der Waals surface area contributed by atoms with Gasteiger partial charge in [-0.3, -0.25) is 4.79 Å². The first kappa shape index (κ1) is 12.5. The molecule has 4 nitrogen and oxygen atoms in total. The van der Waals surface area contributed by atoms with E-state index in [0.717, 1.165) is 32.2 Å². The summed E-state index contributed by atoms with van der Waals surface area (Å²) in [6.45, 7) is 3.26. The first-order chi connectivity index (χ1) is 7.09. The lowest BCUT2D eigenvalue weighted by Crippen LogP contribution is -2.42. The highest BCUT2D eigenvalue weighted by Gasteiger charge is 2.21. The molecule has 0 bridgehead atoms. The minimum Gasteiger partial charge on any atom is -0.391 e. The number of carbonyl (C=O) groups excluding carboxylic acids is 1. The molecule has 1 amide bonds. The van der Waals surface area contributed by atoms with Gasteiger partial charge in [0.15, 0.2) is 0 Å². The predicted molar refractivity (Wildman–Crippen MR) is 59.3 cm³/mol. The highest BCUT2D eigenvalue weighted by Crippen LogP contribution is 2.12. The topological polar surface area (TPSA) is 66.6 Å². The smallest absolute Gasteiger partial charge is 0.222 e. The van der Waals surface area contributed by atoms with Crippen molar-refractivity contribution >= 4 is 5.91 Å². The summed E-state index contributed by atoms with van der Waals surface area (Å²) in [5.74, 6) is 0.161. The van der Waals surface area contributed by atoms with Gasteiger partial charge in [0.25, 0.3) is 0 Å². The van der Waals surface area contributed by atoms with E-state index in [0.29, 0.717) is 13.0 Å². The fourth-order valence-electron chi connectivity index (χ4n) is 1.91. The minimum atomic E-state index is -0.323. The molecule has 0 spiro atoms. The molecule has 88 valence electrons. The highest BCUT2D eigenvalue weighted by molar-refractivity contribution is 5.76. The summed E-state index contributed by atoms with van der Waals surface area (Å²) >= 11 is 0. The standard InChI is InChI=1S/C11H22N2O2/c1-9(12)4-2-6-11(15)13-7-3-5-10(14)8-13/h9-10,14H,2-8,12H2,1H3/t9?,10-/m0/s1. The third kappa shape index (κ3) is 4.62. The van der Waals surface area contributed by atoms with E-state index in [4.69, 9.17) is 5.73 Å². The normalized spacial score (nSPS) is 23.9. The zero-order valence-electron chi connectivity index (χ0n) is 9.48. The predicted octanol–water partition coefficient (Wildman–Crippen LogP) is 0.487. The van der Waals surface area contributed by atoms with Gasteiger partial charge in [-0.05, 0) is 32.6 Å². The summed E-state index contributed by atoms with van der Waals surface area (Å²) in [5, 5.41) is 9.43. The number of nitrogens with zero attached hydrogens (tertiary/aromatic N) is 1. The Labute approximate surface area is 91.4 Å². The van der Waals surface area contributed by atoms with Gasteiger partial charge < -0.3 is 15.7 Å². The third-order valence-electron chi connectivity index (χ3n) is 2.80. The number of piperidine rings is 1. The van der Waals surface area contributed by atoms with Crippen molar-refractivity contribution in [2.24, 2.45) is 5.73 Å². The first-order valence-corrected chi connectivity index (χ1v) is 5.81. The summed E-state index contributed by atoms with van der Waals surface area (Å²) in [7, 11) is 0. The van der Waals surface area contributed by atoms with Gasteiger partial charge in [-0.15, -0.1) is 0 Å². The maximum absolute atomic E-state index is 11.7. The fourth-order valence-corrected chi connectivity index (χ4v) is 1.91. The average Bonchev–Trinajstić information content (AvgIpc) is 2.17. The first-order valence-electron chi connectivity index (χ1n) is 5.81. The Balaban J connectivity index is 2.21. The Morgan fingerprint density at radius 3 is 3.00 bits per heavy atom. The lowest BCUT2D eigenvalue weighted by Gasteiger charge is -2.30. The van der Waals surface area contributed by atoms with Crippen LogP contribution in [0.1, 0.15) is 39.0 Å². The van der Waals surface area contributed by atoms with Crippen molar-refractivity contribution in [1.29, 1.82) is 0 Å². The highest BCUT2D eigenvalue weighted by atomic mass is 16.3. The van der Waals surface area contributed by atoms with Crippen LogP contribution in [0.25, 0.3) is 0 Å². The Bertz CT molecular complexity index is 207. The molecule has 0 radical (unpaired) electrons. The Kier molecular flexibility index (Phi) is 5.05. The maximum Gasteiger partial charge on any atom is 0.222 e. The quantitative estimate of drug-likeness (QED) is 0.715. The SMILES string of the molecule is CC(N)CCCC(=O)N1CCC[C@H](O)C1. The summed E-state index contributed by atoms with van der Waals surface area (Å²) in [4.78, 5) is 13.5. The second-order valence-corrected chi connectivity index (χ2v) is 4.51. The molecular weight excluding hydrogens is 192 g/mol. The van der Waals surface area contributed by atoms with Gasteiger partial charge >= 0.3 is 0 Å². The van der Waals surface area contributed by atoms with E-state index in [2.05, 4.69) is 0 Å². The van der Waals surface area contributed by atoms with Crippen molar-refractivity contribution in [2.75, 3.05) is 13.1 Å². The van der Waals surface area contributed by atoms with E-state index < -0.39 is 0 Å². The summed E-state index contributed by atoms with van der Waals surface area (Å²) in [6.07, 6.45) is 3.72. The van der Waals surface area contributed by atoms with Crippen LogP contribution in [0.3, 0.4) is 0 Å². The van der Waals surface area contributed by atoms with Crippen LogP contribution in [0.5, 0.6) is 0 Å². The molecule has 0 aromatic heterocycles. The van der Waals surface area contributed by atoms with Crippen molar-refractivity contribution in [1.82, 2.24) is 4.90 Å². The van der Waals surface area contributed by atoms with Crippen LogP contribution in [0.2, 0.25) is 0 Å². The summed E-state index contributed by atoms with van der Waals surface area (Å²) < 4.78 is 0. The third-order valence-corrected chi connectivity index (χ3v) is 2.80. The van der Waals surface area contributed by atoms with Gasteiger partial charge in [-0.2, -0.15) is 0 Å². The molecule has 2 atom stereocenters. The molecule has 1 aliphatic rings. The summed E-state index contributed by atoms with van der Waals surface area (Å²) in [6, 6.07) is 0.171. The molecular formula is C11H22N2O2. The average molecular weight is 214 g/mol. The van der Waals surface area contributed by atoms with Crippen LogP contribution >= 0.6 is 0 Å². The van der Waals surface area contributed by atoms with E-state index in [1.54, 1.807) is 4.90 Å². The second kappa shape index (κ2) is 6.08. The number of aliphatic hydroxyl groups excluding tert-OH is 1. The van der Waals surface area contributed by atoms with Gasteiger partial charge in [-0.1, -0.05) is 0 Å². The molecule has 3 N–H and O–H groups in total. The molecule has 1 rings (SSSR count). The number of hydrogen-bond donors (Lipinski definition) is 2. The number of aliphatic hydroxyl groups is 1. The molecule has 0 aliphatic carbocycles. The van der Waals surface area contributed by atoms with Crippen LogP contribution in [0, 0.1) is 0 Å². The number of likely N-dealkylation sites (tertiary alicyclic amines) is 1. The molecule has 1 heterocycles. The molecule has 1 aliphatic heterocycles. The number of carbonyl (C=O) groups is 1. The van der Waals surface area contributed by atoms with E-state index in [-0.39, 0.29) is 18.1 Å². The zero-order valence-corrected chi connectivity index (χ0v) is 9.48. The minimum absolute atomic E-state index is 0.161. The van der Waals surface area contributed by atoms with Crippen LogP contribution in [0.15, 0.2) is 0 Å². The van der Waals surface area contributed by atoms with Crippen LogP contribution in [-0.2, 0) is 4.79 Å². The number of amides is 1. The van der Waals surface area contributed by atoms with Crippen molar-refractivity contribution in [3.05, 3.63) is 0 Å². The fraction of sp³-hybridized carbons (Fsp3) is 0.909. The number of rotatable bonds is 4. The molecule has 4 heteroatoms. The zero-order chi connectivity index (χ0) is 11.3. The maximum atomic E-state index is 11.7. The second-order valence-electron chi connectivity index (χ2n) is 4.51. The number of nitrogens with two attached hydrogens (primary N) is 1. The monoisotopic (exact) mass is 214 g/mol. The molecule has 0 saturated carbocycles. The lowest BCUT2D eigenvalue weighted by molar-refractivity contribution is -0.134. The number of β-amino-alcohol motifs (C(OH)–C–C–N with tert-alkyl or cyclic N) is 1. The van der Waals surface area contributed by atoms with E-state index in [9.17, 15) is 9.90 Å². The Morgan fingerprint density at radius 1 is 1.67 bits per heavy atom. The molecule has 15 heavy (non-hydrogen) atoms. The van der Waals surface area contributed by atoms with E-state index in [1.165, 1.54) is 0 Å². The van der Waals surface area contributed by atoms with Gasteiger partial charge in [0, 0.05) is 25.6 Å². The van der Waals surface area contributed by atoms with Gasteiger partial charge in [0.05, 0.1) is 6.10 Å². The van der Waals surface area contributed by atoms with Crippen LogP contribution in [0.4, 0.5) is 0 Å². The lowest BCUT2D eigenvalue weighted by atomic mass is 10.1. The molecule has 1 saturated heterocycles. The Hall–Kier alpha value is -0.610.